The molecule has 1 aliphatic rings. The van der Waals surface area contributed by atoms with E-state index in [4.69, 9.17) is 4.42 Å². The summed E-state index contributed by atoms with van der Waals surface area (Å²) in [4.78, 5) is 42.6. The van der Waals surface area contributed by atoms with E-state index < -0.39 is 22.7 Å². The van der Waals surface area contributed by atoms with E-state index in [0.717, 1.165) is 11.3 Å². The molecule has 4 heterocycles. The van der Waals surface area contributed by atoms with Crippen molar-refractivity contribution in [3.8, 4) is 0 Å². The van der Waals surface area contributed by atoms with Gasteiger partial charge in [-0.3, -0.25) is 24.6 Å². The number of thiazole rings is 1. The summed E-state index contributed by atoms with van der Waals surface area (Å²) in [6, 6.07) is 6.69. The zero-order valence-corrected chi connectivity index (χ0v) is 18.9. The quantitative estimate of drug-likeness (QED) is 0.141. The second kappa shape index (κ2) is 7.64. The molecule has 166 valence electrons. The highest BCUT2D eigenvalue weighted by atomic mass is 32.1. The maximum atomic E-state index is 13.2. The molecule has 1 aromatic carbocycles. The number of carbonyl (C=O) groups is 2. The number of hydrogen-bond donors (Lipinski definition) is 1. The molecule has 1 saturated heterocycles. The Morgan fingerprint density at radius 3 is 2.67 bits per heavy atom. The van der Waals surface area contributed by atoms with Crippen LogP contribution >= 0.6 is 22.7 Å². The third kappa shape index (κ3) is 3.33. The lowest BCUT2D eigenvalue weighted by molar-refractivity contribution is -0.384. The number of amides is 1. The lowest BCUT2D eigenvalue weighted by Gasteiger charge is -2.21. The van der Waals surface area contributed by atoms with Gasteiger partial charge >= 0.3 is 5.91 Å². The summed E-state index contributed by atoms with van der Waals surface area (Å²) in [7, 11) is 0. The molecule has 1 unspecified atom stereocenters. The number of nitrogens with zero attached hydrogens (tertiary/aromatic N) is 3. The second-order valence-corrected chi connectivity index (χ2v) is 9.25. The van der Waals surface area contributed by atoms with Crippen LogP contribution < -0.4 is 4.90 Å². The van der Waals surface area contributed by atoms with Crippen molar-refractivity contribution in [1.29, 1.82) is 0 Å². The first kappa shape index (κ1) is 21.0. The number of nitro benzene ring substituents is 1. The molecule has 0 saturated carbocycles. The molecular weight excluding hydrogens is 466 g/mol. The normalized spacial score (nSPS) is 17.9. The van der Waals surface area contributed by atoms with Crippen LogP contribution in [0, 0.1) is 24.0 Å². The number of thiophene rings is 1. The monoisotopic (exact) mass is 481 g/mol. The SMILES string of the molecule is Cc1cc(C(O)=C2C(=O)C(=O)N(c3nc4ccc([N+](=O)[O-])cc4s3)C2c2ccsc2)c(C)o1. The summed E-state index contributed by atoms with van der Waals surface area (Å²) < 4.78 is 6.00. The third-order valence-corrected chi connectivity index (χ3v) is 7.10. The van der Waals surface area contributed by atoms with Gasteiger partial charge in [-0.25, -0.2) is 4.98 Å². The van der Waals surface area contributed by atoms with E-state index in [9.17, 15) is 24.8 Å². The van der Waals surface area contributed by atoms with Gasteiger partial charge in [0.2, 0.25) is 0 Å². The van der Waals surface area contributed by atoms with Gasteiger partial charge in [0.15, 0.2) is 5.13 Å². The number of hydrogen-bond acceptors (Lipinski definition) is 9. The lowest BCUT2D eigenvalue weighted by atomic mass is 9.97. The minimum Gasteiger partial charge on any atom is -0.507 e. The van der Waals surface area contributed by atoms with Gasteiger partial charge in [-0.1, -0.05) is 11.3 Å². The number of non-ortho nitro benzene ring substituents is 1. The summed E-state index contributed by atoms with van der Waals surface area (Å²) in [5.74, 6) is -1.01. The topological polar surface area (TPSA) is 127 Å². The predicted molar refractivity (Wildman–Crippen MR) is 124 cm³/mol. The van der Waals surface area contributed by atoms with Crippen molar-refractivity contribution in [2.75, 3.05) is 4.90 Å². The maximum absolute atomic E-state index is 13.2. The smallest absolute Gasteiger partial charge is 0.301 e. The Balaban J connectivity index is 1.71. The van der Waals surface area contributed by atoms with Gasteiger partial charge in [0.1, 0.15) is 17.3 Å². The maximum Gasteiger partial charge on any atom is 0.301 e. The summed E-state index contributed by atoms with van der Waals surface area (Å²) in [5.41, 5.74) is 1.29. The van der Waals surface area contributed by atoms with Crippen LogP contribution in [0.5, 0.6) is 0 Å². The van der Waals surface area contributed by atoms with Crippen molar-refractivity contribution in [2.24, 2.45) is 0 Å². The fourth-order valence-corrected chi connectivity index (χ4v) is 5.61. The van der Waals surface area contributed by atoms with Gasteiger partial charge in [0.25, 0.3) is 11.5 Å². The molecule has 5 rings (SSSR count). The highest BCUT2D eigenvalue weighted by molar-refractivity contribution is 7.22. The van der Waals surface area contributed by atoms with Crippen molar-refractivity contribution in [1.82, 2.24) is 4.98 Å². The van der Waals surface area contributed by atoms with E-state index in [-0.39, 0.29) is 22.2 Å². The molecule has 0 bridgehead atoms. The number of ketones is 1. The summed E-state index contributed by atoms with van der Waals surface area (Å²) in [6.45, 7) is 3.39. The van der Waals surface area contributed by atoms with E-state index >= 15 is 0 Å². The van der Waals surface area contributed by atoms with Crippen LogP contribution in [0.2, 0.25) is 0 Å². The fraction of sp³-hybridized carbons (Fsp3) is 0.136. The molecule has 1 amide bonds. The molecule has 1 atom stereocenters. The zero-order chi connectivity index (χ0) is 23.4. The lowest BCUT2D eigenvalue weighted by Crippen LogP contribution is -2.29. The Morgan fingerprint density at radius 2 is 2.03 bits per heavy atom. The number of fused-ring (bicyclic) bond motifs is 1. The van der Waals surface area contributed by atoms with Crippen LogP contribution in [0.1, 0.15) is 28.7 Å². The van der Waals surface area contributed by atoms with Crippen molar-refractivity contribution >= 4 is 61.2 Å². The number of nitro groups is 1. The largest absolute Gasteiger partial charge is 0.507 e. The molecule has 0 aliphatic carbocycles. The fourth-order valence-electron chi connectivity index (χ4n) is 3.90. The number of furan rings is 1. The van der Waals surface area contributed by atoms with Crippen LogP contribution in [0.3, 0.4) is 0 Å². The molecule has 0 spiro atoms. The van der Waals surface area contributed by atoms with Gasteiger partial charge in [-0.15, -0.1) is 0 Å². The Bertz CT molecular complexity index is 1480. The molecule has 1 N–H and O–H groups in total. The molecule has 11 heteroatoms. The van der Waals surface area contributed by atoms with Crippen molar-refractivity contribution in [3.63, 3.8) is 0 Å². The van der Waals surface area contributed by atoms with Crippen molar-refractivity contribution < 1.29 is 24.0 Å². The van der Waals surface area contributed by atoms with Crippen molar-refractivity contribution in [3.05, 3.63) is 79.4 Å². The molecule has 9 nitrogen and oxygen atoms in total. The molecule has 4 aromatic rings. The van der Waals surface area contributed by atoms with Crippen LogP contribution in [0.15, 0.2) is 51.1 Å². The van der Waals surface area contributed by atoms with E-state index in [0.29, 0.717) is 32.9 Å². The van der Waals surface area contributed by atoms with Gasteiger partial charge < -0.3 is 9.52 Å². The van der Waals surface area contributed by atoms with E-state index in [1.165, 1.54) is 34.4 Å². The van der Waals surface area contributed by atoms with E-state index in [1.807, 2.05) is 5.38 Å². The molecule has 33 heavy (non-hydrogen) atoms. The van der Waals surface area contributed by atoms with E-state index in [2.05, 4.69) is 4.98 Å². The van der Waals surface area contributed by atoms with Crippen LogP contribution in [0.25, 0.3) is 16.0 Å². The molecule has 1 aliphatic heterocycles. The predicted octanol–water partition coefficient (Wildman–Crippen LogP) is 5.10. The Hall–Kier alpha value is -3.83. The van der Waals surface area contributed by atoms with Crippen molar-refractivity contribution in [2.45, 2.75) is 19.9 Å². The first-order valence-corrected chi connectivity index (χ1v) is 11.5. The molecule has 0 radical (unpaired) electrons. The number of carbonyl (C=O) groups excluding carboxylic acids is 2. The Kier molecular flexibility index (Phi) is 4.87. The number of aromatic nitrogens is 1. The van der Waals surface area contributed by atoms with Gasteiger partial charge in [0.05, 0.1) is 32.3 Å². The molecule has 3 aromatic heterocycles. The number of aliphatic hydroxyl groups excluding tert-OH is 1. The summed E-state index contributed by atoms with van der Waals surface area (Å²) in [5, 5.41) is 26.1. The van der Waals surface area contributed by atoms with Gasteiger partial charge in [-0.05, 0) is 48.4 Å². The van der Waals surface area contributed by atoms with Gasteiger partial charge in [0, 0.05) is 12.1 Å². The standard InChI is InChI=1S/C22H15N3O6S2/c1-10-7-14(11(2)31-10)19(26)17-18(12-5-6-32-9-12)24(21(28)20(17)27)22-23-15-4-3-13(25(29)30)8-16(15)33-22/h3-9,18,26H,1-2H3. The number of Topliss-reactive ketones (excluding diaryl/α,β-unsaturated/α-hetero) is 1. The number of aryl methyl sites for hydroxylation is 2. The average Bonchev–Trinajstić information content (AvgIpc) is 3.54. The first-order valence-electron chi connectivity index (χ1n) is 9.71. The summed E-state index contributed by atoms with van der Waals surface area (Å²) in [6.07, 6.45) is 0. The second-order valence-electron chi connectivity index (χ2n) is 7.46. The van der Waals surface area contributed by atoms with Crippen LogP contribution in [-0.4, -0.2) is 26.7 Å². The van der Waals surface area contributed by atoms with Crippen LogP contribution in [0.4, 0.5) is 10.8 Å². The summed E-state index contributed by atoms with van der Waals surface area (Å²) >= 11 is 2.46. The number of anilines is 1. The number of benzene rings is 1. The molecule has 1 fully saturated rings. The molecular formula is C22H15N3O6S2. The Labute approximate surface area is 194 Å². The highest BCUT2D eigenvalue weighted by Crippen LogP contribution is 2.45. The zero-order valence-electron chi connectivity index (χ0n) is 17.3. The highest BCUT2D eigenvalue weighted by Gasteiger charge is 2.48. The Morgan fingerprint density at radius 1 is 1.24 bits per heavy atom. The minimum absolute atomic E-state index is 0.0625. The van der Waals surface area contributed by atoms with Gasteiger partial charge in [-0.2, -0.15) is 11.3 Å². The number of rotatable bonds is 4. The number of aliphatic hydroxyl groups is 1. The average molecular weight is 482 g/mol. The first-order chi connectivity index (χ1) is 15.8. The van der Waals surface area contributed by atoms with E-state index in [1.54, 1.807) is 31.4 Å². The van der Waals surface area contributed by atoms with Crippen LogP contribution in [-0.2, 0) is 9.59 Å². The third-order valence-electron chi connectivity index (χ3n) is 5.38. The minimum atomic E-state index is -0.901.